The Morgan fingerprint density at radius 3 is 2.37 bits per heavy atom. The van der Waals surface area contributed by atoms with Crippen LogP contribution in [0.1, 0.15) is 53.0 Å². The lowest BCUT2D eigenvalue weighted by atomic mass is 10.1. The molecule has 0 aromatic heterocycles. The lowest BCUT2D eigenvalue weighted by molar-refractivity contribution is 0.182. The summed E-state index contributed by atoms with van der Waals surface area (Å²) in [5.41, 5.74) is 0.875. The van der Waals surface area contributed by atoms with Gasteiger partial charge in [-0.3, -0.25) is 0 Å². The van der Waals surface area contributed by atoms with Crippen molar-refractivity contribution in [1.82, 2.24) is 5.32 Å². The summed E-state index contributed by atoms with van der Waals surface area (Å²) in [6, 6.07) is 5.10. The molecule has 0 radical (unpaired) electrons. The SMILES string of the molecule is CCC(CC)Oc1c(F)cccc1CNC(C)(C)C. The van der Waals surface area contributed by atoms with Crippen LogP contribution in [0.25, 0.3) is 0 Å². The number of halogens is 1. The van der Waals surface area contributed by atoms with E-state index in [1.165, 1.54) is 6.07 Å². The molecule has 0 fully saturated rings. The Kier molecular flexibility index (Phi) is 5.80. The second-order valence-electron chi connectivity index (χ2n) is 5.89. The van der Waals surface area contributed by atoms with E-state index in [0.29, 0.717) is 12.3 Å². The monoisotopic (exact) mass is 267 g/mol. The van der Waals surface area contributed by atoms with Crippen LogP contribution >= 0.6 is 0 Å². The molecule has 0 bridgehead atoms. The summed E-state index contributed by atoms with van der Waals surface area (Å²) in [5.74, 6) is 0.119. The van der Waals surface area contributed by atoms with Gasteiger partial charge in [0.05, 0.1) is 6.10 Å². The second kappa shape index (κ2) is 6.90. The summed E-state index contributed by atoms with van der Waals surface area (Å²) in [4.78, 5) is 0. The largest absolute Gasteiger partial charge is 0.487 e. The number of benzene rings is 1. The maximum atomic E-state index is 14.0. The maximum Gasteiger partial charge on any atom is 0.165 e. The fraction of sp³-hybridized carbons (Fsp3) is 0.625. The van der Waals surface area contributed by atoms with Crippen molar-refractivity contribution in [1.29, 1.82) is 0 Å². The van der Waals surface area contributed by atoms with Crippen molar-refractivity contribution in [2.45, 2.75) is 65.6 Å². The van der Waals surface area contributed by atoms with E-state index in [1.54, 1.807) is 6.07 Å². The minimum absolute atomic E-state index is 0.00149. The average Bonchev–Trinajstić information content (AvgIpc) is 2.34. The molecule has 108 valence electrons. The molecule has 0 unspecified atom stereocenters. The Morgan fingerprint density at radius 2 is 1.84 bits per heavy atom. The number of hydrogen-bond donors (Lipinski definition) is 1. The summed E-state index contributed by atoms with van der Waals surface area (Å²) in [6.45, 7) is 11.0. The summed E-state index contributed by atoms with van der Waals surface area (Å²) in [7, 11) is 0. The van der Waals surface area contributed by atoms with Gasteiger partial charge in [-0.2, -0.15) is 0 Å². The van der Waals surface area contributed by atoms with Gasteiger partial charge in [0.2, 0.25) is 0 Å². The fourth-order valence-electron chi connectivity index (χ4n) is 1.81. The zero-order chi connectivity index (χ0) is 14.5. The smallest absolute Gasteiger partial charge is 0.165 e. The third-order valence-corrected chi connectivity index (χ3v) is 3.05. The lowest BCUT2D eigenvalue weighted by Crippen LogP contribution is -2.35. The summed E-state index contributed by atoms with van der Waals surface area (Å²) < 4.78 is 19.8. The Bertz CT molecular complexity index is 394. The quantitative estimate of drug-likeness (QED) is 0.830. The zero-order valence-corrected chi connectivity index (χ0v) is 12.7. The fourth-order valence-corrected chi connectivity index (χ4v) is 1.81. The van der Waals surface area contributed by atoms with Crippen molar-refractivity contribution in [3.8, 4) is 5.75 Å². The van der Waals surface area contributed by atoms with Crippen LogP contribution < -0.4 is 10.1 Å². The molecular weight excluding hydrogens is 241 g/mol. The highest BCUT2D eigenvalue weighted by atomic mass is 19.1. The number of ether oxygens (including phenoxy) is 1. The maximum absolute atomic E-state index is 14.0. The molecule has 0 aliphatic heterocycles. The molecule has 0 saturated carbocycles. The molecule has 0 saturated heterocycles. The molecule has 1 rings (SSSR count). The molecule has 0 spiro atoms. The van der Waals surface area contributed by atoms with E-state index in [1.807, 2.05) is 6.07 Å². The number of hydrogen-bond acceptors (Lipinski definition) is 2. The predicted octanol–water partition coefficient (Wildman–Crippen LogP) is 4.28. The van der Waals surface area contributed by atoms with Crippen molar-refractivity contribution in [2.75, 3.05) is 0 Å². The minimum atomic E-state index is -0.278. The first-order chi connectivity index (χ1) is 8.87. The minimum Gasteiger partial charge on any atom is -0.487 e. The molecule has 19 heavy (non-hydrogen) atoms. The normalized spacial score (nSPS) is 11.9. The zero-order valence-electron chi connectivity index (χ0n) is 12.7. The van der Waals surface area contributed by atoms with Crippen LogP contribution in [0.2, 0.25) is 0 Å². The van der Waals surface area contributed by atoms with E-state index in [0.717, 1.165) is 18.4 Å². The topological polar surface area (TPSA) is 21.3 Å². The van der Waals surface area contributed by atoms with Crippen LogP contribution in [-0.2, 0) is 6.54 Å². The molecule has 0 aliphatic rings. The van der Waals surface area contributed by atoms with Crippen LogP contribution in [0, 0.1) is 5.82 Å². The molecular formula is C16H26FNO. The van der Waals surface area contributed by atoms with E-state index >= 15 is 0 Å². The van der Waals surface area contributed by atoms with Crippen molar-refractivity contribution < 1.29 is 9.13 Å². The van der Waals surface area contributed by atoms with E-state index in [4.69, 9.17) is 4.74 Å². The van der Waals surface area contributed by atoms with Crippen LogP contribution in [-0.4, -0.2) is 11.6 Å². The van der Waals surface area contributed by atoms with Gasteiger partial charge in [-0.05, 0) is 39.7 Å². The van der Waals surface area contributed by atoms with Gasteiger partial charge in [-0.1, -0.05) is 26.0 Å². The van der Waals surface area contributed by atoms with Crippen molar-refractivity contribution in [3.05, 3.63) is 29.6 Å². The van der Waals surface area contributed by atoms with E-state index in [-0.39, 0.29) is 17.5 Å². The molecule has 1 aromatic carbocycles. The van der Waals surface area contributed by atoms with Crippen molar-refractivity contribution in [2.24, 2.45) is 0 Å². The van der Waals surface area contributed by atoms with Crippen molar-refractivity contribution in [3.63, 3.8) is 0 Å². The third kappa shape index (κ3) is 5.19. The predicted molar refractivity (Wildman–Crippen MR) is 78.0 cm³/mol. The van der Waals surface area contributed by atoms with E-state index < -0.39 is 0 Å². The summed E-state index contributed by atoms with van der Waals surface area (Å²) in [6.07, 6.45) is 1.85. The van der Waals surface area contributed by atoms with Gasteiger partial charge in [-0.15, -0.1) is 0 Å². The Morgan fingerprint density at radius 1 is 1.21 bits per heavy atom. The summed E-state index contributed by atoms with van der Waals surface area (Å²) in [5, 5.41) is 3.37. The lowest BCUT2D eigenvalue weighted by Gasteiger charge is -2.23. The Hall–Kier alpha value is -1.09. The first-order valence-corrected chi connectivity index (χ1v) is 7.06. The average molecular weight is 267 g/mol. The number of para-hydroxylation sites is 1. The van der Waals surface area contributed by atoms with Gasteiger partial charge in [0, 0.05) is 17.6 Å². The van der Waals surface area contributed by atoms with Gasteiger partial charge in [0.15, 0.2) is 11.6 Å². The molecule has 3 heteroatoms. The molecule has 0 amide bonds. The molecule has 0 atom stereocenters. The van der Waals surface area contributed by atoms with Gasteiger partial charge in [-0.25, -0.2) is 4.39 Å². The van der Waals surface area contributed by atoms with Crippen LogP contribution in [0.4, 0.5) is 4.39 Å². The third-order valence-electron chi connectivity index (χ3n) is 3.05. The standard InChI is InChI=1S/C16H26FNO/c1-6-13(7-2)19-15-12(9-8-10-14(15)17)11-18-16(3,4)5/h8-10,13,18H,6-7,11H2,1-5H3. The molecule has 1 aromatic rings. The molecule has 0 aliphatic carbocycles. The molecule has 2 nitrogen and oxygen atoms in total. The van der Waals surface area contributed by atoms with Gasteiger partial charge >= 0.3 is 0 Å². The van der Waals surface area contributed by atoms with Crippen LogP contribution in [0.5, 0.6) is 5.75 Å². The highest BCUT2D eigenvalue weighted by Gasteiger charge is 2.16. The first kappa shape index (κ1) is 16.0. The molecule has 0 heterocycles. The van der Waals surface area contributed by atoms with Gasteiger partial charge in [0.25, 0.3) is 0 Å². The molecule has 1 N–H and O–H groups in total. The summed E-state index contributed by atoms with van der Waals surface area (Å²) >= 11 is 0. The Balaban J connectivity index is 2.88. The van der Waals surface area contributed by atoms with E-state index in [2.05, 4.69) is 39.9 Å². The van der Waals surface area contributed by atoms with Crippen molar-refractivity contribution >= 4 is 0 Å². The number of nitrogens with one attached hydrogen (secondary N) is 1. The van der Waals surface area contributed by atoms with Crippen LogP contribution in [0.3, 0.4) is 0 Å². The van der Waals surface area contributed by atoms with Gasteiger partial charge < -0.3 is 10.1 Å². The Labute approximate surface area is 116 Å². The second-order valence-corrected chi connectivity index (χ2v) is 5.89. The van der Waals surface area contributed by atoms with Crippen LogP contribution in [0.15, 0.2) is 18.2 Å². The number of rotatable bonds is 6. The van der Waals surface area contributed by atoms with E-state index in [9.17, 15) is 4.39 Å². The first-order valence-electron chi connectivity index (χ1n) is 7.06. The highest BCUT2D eigenvalue weighted by Crippen LogP contribution is 2.25. The van der Waals surface area contributed by atoms with Gasteiger partial charge in [0.1, 0.15) is 0 Å². The highest BCUT2D eigenvalue weighted by molar-refractivity contribution is 5.35.